The van der Waals surface area contributed by atoms with Crippen molar-refractivity contribution in [3.8, 4) is 11.3 Å². The van der Waals surface area contributed by atoms with E-state index in [0.717, 1.165) is 16.6 Å². The van der Waals surface area contributed by atoms with Gasteiger partial charge in [0.1, 0.15) is 0 Å². The summed E-state index contributed by atoms with van der Waals surface area (Å²) in [5.41, 5.74) is 4.21. The van der Waals surface area contributed by atoms with Gasteiger partial charge in [-0.2, -0.15) is 0 Å². The number of para-hydroxylation sites is 1. The summed E-state index contributed by atoms with van der Waals surface area (Å²) >= 11 is 0. The van der Waals surface area contributed by atoms with E-state index in [0.29, 0.717) is 27.7 Å². The number of aryl methyl sites for hydroxylation is 1. The van der Waals surface area contributed by atoms with Gasteiger partial charge in [-0.1, -0.05) is 24.3 Å². The summed E-state index contributed by atoms with van der Waals surface area (Å²) in [6, 6.07) is 22.4. The molecule has 5 aromatic rings. The van der Waals surface area contributed by atoms with Gasteiger partial charge in [0, 0.05) is 42.5 Å². The Morgan fingerprint density at radius 3 is 2.56 bits per heavy atom. The maximum absolute atomic E-state index is 13.0. The molecule has 0 radical (unpaired) electrons. The third-order valence-electron chi connectivity index (χ3n) is 5.61. The van der Waals surface area contributed by atoms with Crippen molar-refractivity contribution in [2.45, 2.75) is 0 Å². The summed E-state index contributed by atoms with van der Waals surface area (Å²) < 4.78 is 1.56. The molecule has 156 valence electrons. The van der Waals surface area contributed by atoms with Crippen molar-refractivity contribution in [3.05, 3.63) is 101 Å². The summed E-state index contributed by atoms with van der Waals surface area (Å²) in [6.45, 7) is 0. The molecule has 32 heavy (non-hydrogen) atoms. The second-order valence-electron chi connectivity index (χ2n) is 7.69. The van der Waals surface area contributed by atoms with Gasteiger partial charge in [0.25, 0.3) is 11.5 Å². The van der Waals surface area contributed by atoms with Gasteiger partial charge in [0.05, 0.1) is 22.9 Å². The zero-order chi connectivity index (χ0) is 22.2. The van der Waals surface area contributed by atoms with Crippen LogP contribution in [0.5, 0.6) is 0 Å². The van der Waals surface area contributed by atoms with Crippen LogP contribution in [-0.4, -0.2) is 27.5 Å². The van der Waals surface area contributed by atoms with E-state index in [1.807, 2.05) is 60.7 Å². The molecule has 2 heterocycles. The fourth-order valence-corrected chi connectivity index (χ4v) is 3.75. The number of pyridine rings is 1. The molecule has 0 saturated carbocycles. The van der Waals surface area contributed by atoms with Gasteiger partial charge in [-0.25, -0.2) is 4.98 Å². The Morgan fingerprint density at radius 2 is 1.75 bits per heavy atom. The number of carbonyl (C=O) groups excluding carboxylic acids is 1. The molecule has 0 N–H and O–H groups in total. The van der Waals surface area contributed by atoms with Crippen LogP contribution >= 0.6 is 0 Å². The van der Waals surface area contributed by atoms with Crippen LogP contribution in [0.3, 0.4) is 0 Å². The van der Waals surface area contributed by atoms with E-state index >= 15 is 0 Å². The Labute approximate surface area is 184 Å². The lowest BCUT2D eigenvalue weighted by Gasteiger charge is -2.17. The molecular formula is C26H20N4O2. The Bertz CT molecular complexity index is 1540. The van der Waals surface area contributed by atoms with E-state index < -0.39 is 0 Å². The molecular weight excluding hydrogens is 400 g/mol. The molecule has 0 unspecified atom stereocenters. The first-order chi connectivity index (χ1) is 15.5. The van der Waals surface area contributed by atoms with E-state index in [2.05, 4.69) is 4.98 Å². The van der Waals surface area contributed by atoms with Crippen molar-refractivity contribution in [1.82, 2.24) is 14.5 Å². The number of nitrogens with zero attached hydrogens (tertiary/aromatic N) is 4. The molecule has 3 aromatic carbocycles. The molecule has 0 atom stereocenters. The number of benzene rings is 3. The number of amides is 1. The SMILES string of the molecule is CN(C(=O)c1ccc2ncc(-c3ccc4c(=O)n(C)ccc4c3)nc2c1)c1ccccc1. The Balaban J connectivity index is 1.54. The monoisotopic (exact) mass is 420 g/mol. The average Bonchev–Trinajstić information content (AvgIpc) is 2.85. The Hall–Kier alpha value is -4.32. The van der Waals surface area contributed by atoms with Gasteiger partial charge in [-0.15, -0.1) is 0 Å². The zero-order valence-corrected chi connectivity index (χ0v) is 17.7. The lowest BCUT2D eigenvalue weighted by molar-refractivity contribution is 0.0993. The van der Waals surface area contributed by atoms with Crippen LogP contribution in [0.1, 0.15) is 10.4 Å². The first-order valence-corrected chi connectivity index (χ1v) is 10.2. The number of aromatic nitrogens is 3. The third kappa shape index (κ3) is 3.41. The van der Waals surface area contributed by atoms with E-state index in [4.69, 9.17) is 4.98 Å². The molecule has 0 aliphatic rings. The molecule has 1 amide bonds. The van der Waals surface area contributed by atoms with Gasteiger partial charge >= 0.3 is 0 Å². The number of hydrogen-bond acceptors (Lipinski definition) is 4. The van der Waals surface area contributed by atoms with Crippen LogP contribution in [0.2, 0.25) is 0 Å². The van der Waals surface area contributed by atoms with Crippen LogP contribution in [-0.2, 0) is 7.05 Å². The minimum absolute atomic E-state index is 0.0377. The molecule has 0 saturated heterocycles. The number of carbonyl (C=O) groups is 1. The van der Waals surface area contributed by atoms with E-state index in [1.54, 1.807) is 48.1 Å². The molecule has 5 rings (SSSR count). The topological polar surface area (TPSA) is 68.1 Å². The van der Waals surface area contributed by atoms with Crippen molar-refractivity contribution in [2.24, 2.45) is 7.05 Å². The molecule has 0 aliphatic carbocycles. The van der Waals surface area contributed by atoms with Crippen LogP contribution in [0.4, 0.5) is 5.69 Å². The Kier molecular flexibility index (Phi) is 4.75. The maximum Gasteiger partial charge on any atom is 0.258 e. The highest BCUT2D eigenvalue weighted by molar-refractivity contribution is 6.07. The highest BCUT2D eigenvalue weighted by atomic mass is 16.2. The average molecular weight is 420 g/mol. The molecule has 6 nitrogen and oxygen atoms in total. The fourth-order valence-electron chi connectivity index (χ4n) is 3.75. The van der Waals surface area contributed by atoms with E-state index in [1.165, 1.54) is 0 Å². The van der Waals surface area contributed by atoms with Crippen LogP contribution in [0, 0.1) is 0 Å². The zero-order valence-electron chi connectivity index (χ0n) is 17.7. The van der Waals surface area contributed by atoms with Crippen molar-refractivity contribution < 1.29 is 4.79 Å². The quantitative estimate of drug-likeness (QED) is 0.433. The van der Waals surface area contributed by atoms with Gasteiger partial charge < -0.3 is 9.47 Å². The van der Waals surface area contributed by atoms with Crippen molar-refractivity contribution in [2.75, 3.05) is 11.9 Å². The van der Waals surface area contributed by atoms with Gasteiger partial charge in [0.2, 0.25) is 0 Å². The molecule has 0 spiro atoms. The second kappa shape index (κ2) is 7.74. The minimum atomic E-state index is -0.119. The van der Waals surface area contributed by atoms with Crippen LogP contribution in [0.25, 0.3) is 33.1 Å². The molecule has 0 bridgehead atoms. The smallest absolute Gasteiger partial charge is 0.258 e. The fraction of sp³-hybridized carbons (Fsp3) is 0.0769. The molecule has 6 heteroatoms. The largest absolute Gasteiger partial charge is 0.318 e. The lowest BCUT2D eigenvalue weighted by atomic mass is 10.1. The van der Waals surface area contributed by atoms with Crippen LogP contribution in [0.15, 0.2) is 90.0 Å². The molecule has 2 aromatic heterocycles. The molecule has 0 aliphatic heterocycles. The minimum Gasteiger partial charge on any atom is -0.318 e. The predicted molar refractivity (Wildman–Crippen MR) is 127 cm³/mol. The third-order valence-corrected chi connectivity index (χ3v) is 5.61. The second-order valence-corrected chi connectivity index (χ2v) is 7.69. The van der Waals surface area contributed by atoms with Crippen molar-refractivity contribution >= 4 is 33.4 Å². The first kappa shape index (κ1) is 19.6. The van der Waals surface area contributed by atoms with Gasteiger partial charge in [-0.05, 0) is 53.9 Å². The van der Waals surface area contributed by atoms with Crippen molar-refractivity contribution in [1.29, 1.82) is 0 Å². The number of hydrogen-bond donors (Lipinski definition) is 0. The number of fused-ring (bicyclic) bond motifs is 2. The highest BCUT2D eigenvalue weighted by Gasteiger charge is 2.15. The van der Waals surface area contributed by atoms with Crippen LogP contribution < -0.4 is 10.5 Å². The maximum atomic E-state index is 13.0. The first-order valence-electron chi connectivity index (χ1n) is 10.2. The lowest BCUT2D eigenvalue weighted by Crippen LogP contribution is -2.26. The normalized spacial score (nSPS) is 11.1. The summed E-state index contributed by atoms with van der Waals surface area (Å²) in [5.74, 6) is -0.119. The standard InChI is InChI=1S/C26H20N4O2/c1-29-13-12-17-14-18(8-10-21(17)26(29)32)24-16-27-22-11-9-19(15-23(22)28-24)25(31)30(2)20-6-4-3-5-7-20/h3-16H,1-2H3. The summed E-state index contributed by atoms with van der Waals surface area (Å²) in [7, 11) is 3.49. The van der Waals surface area contributed by atoms with Gasteiger partial charge in [0.15, 0.2) is 0 Å². The van der Waals surface area contributed by atoms with E-state index in [9.17, 15) is 9.59 Å². The highest BCUT2D eigenvalue weighted by Crippen LogP contribution is 2.24. The number of rotatable bonds is 3. The summed E-state index contributed by atoms with van der Waals surface area (Å²) in [5, 5.41) is 1.50. The predicted octanol–water partition coefficient (Wildman–Crippen LogP) is 4.43. The summed E-state index contributed by atoms with van der Waals surface area (Å²) in [6.07, 6.45) is 3.46. The van der Waals surface area contributed by atoms with E-state index in [-0.39, 0.29) is 11.5 Å². The molecule has 0 fully saturated rings. The number of anilines is 1. The Morgan fingerprint density at radius 1 is 0.938 bits per heavy atom. The van der Waals surface area contributed by atoms with Gasteiger partial charge in [-0.3, -0.25) is 14.6 Å². The van der Waals surface area contributed by atoms with Crippen molar-refractivity contribution in [3.63, 3.8) is 0 Å². The summed E-state index contributed by atoms with van der Waals surface area (Å²) in [4.78, 5) is 36.2.